The summed E-state index contributed by atoms with van der Waals surface area (Å²) >= 11 is 1.32. The number of benzene rings is 1. The lowest BCUT2D eigenvalue weighted by Crippen LogP contribution is -2.35. The van der Waals surface area contributed by atoms with Crippen molar-refractivity contribution in [1.82, 2.24) is 10.3 Å². The third-order valence-corrected chi connectivity index (χ3v) is 5.45. The zero-order valence-corrected chi connectivity index (χ0v) is 16.4. The highest BCUT2D eigenvalue weighted by Crippen LogP contribution is 2.19. The number of amides is 3. The van der Waals surface area contributed by atoms with Crippen LogP contribution < -0.4 is 16.0 Å². The van der Waals surface area contributed by atoms with E-state index in [-0.39, 0.29) is 24.4 Å². The smallest absolute Gasteiger partial charge is 0.325 e. The Balaban J connectivity index is 1.46. The molecule has 0 saturated heterocycles. The van der Waals surface area contributed by atoms with Gasteiger partial charge in [0.2, 0.25) is 5.91 Å². The summed E-state index contributed by atoms with van der Waals surface area (Å²) in [5.41, 5.74) is 2.53. The molecule has 1 aromatic carbocycles. The zero-order valence-electron chi connectivity index (χ0n) is 15.6. The fourth-order valence-electron chi connectivity index (χ4n) is 3.21. The van der Waals surface area contributed by atoms with Gasteiger partial charge in [0.25, 0.3) is 0 Å². The first kappa shape index (κ1) is 19.4. The van der Waals surface area contributed by atoms with Crippen molar-refractivity contribution in [2.24, 2.45) is 0 Å². The van der Waals surface area contributed by atoms with Gasteiger partial charge in [-0.2, -0.15) is 0 Å². The molecular formula is C20H26N4O2S. The van der Waals surface area contributed by atoms with Gasteiger partial charge in [-0.3, -0.25) is 10.1 Å². The number of aromatic nitrogens is 1. The molecule has 3 rings (SSSR count). The largest absolute Gasteiger partial charge is 0.353 e. The topological polar surface area (TPSA) is 83.1 Å². The van der Waals surface area contributed by atoms with E-state index in [2.05, 4.69) is 20.9 Å². The molecule has 1 saturated carbocycles. The summed E-state index contributed by atoms with van der Waals surface area (Å²) in [6, 6.07) is 7.51. The molecule has 3 amide bonds. The van der Waals surface area contributed by atoms with E-state index in [9.17, 15) is 9.59 Å². The Labute approximate surface area is 163 Å². The molecule has 1 fully saturated rings. The first-order chi connectivity index (χ1) is 13.1. The Hall–Kier alpha value is -2.41. The summed E-state index contributed by atoms with van der Waals surface area (Å²) in [5, 5.41) is 10.9. The van der Waals surface area contributed by atoms with E-state index in [4.69, 9.17) is 0 Å². The van der Waals surface area contributed by atoms with E-state index in [1.165, 1.54) is 37.0 Å². The van der Waals surface area contributed by atoms with Crippen LogP contribution in [0, 0.1) is 6.92 Å². The lowest BCUT2D eigenvalue weighted by atomic mass is 10.1. The molecule has 1 aliphatic rings. The molecule has 0 atom stereocenters. The minimum absolute atomic E-state index is 0.00265. The Morgan fingerprint density at radius 3 is 2.48 bits per heavy atom. The zero-order chi connectivity index (χ0) is 19.1. The number of thiazole rings is 1. The van der Waals surface area contributed by atoms with E-state index in [1.54, 1.807) is 0 Å². The highest BCUT2D eigenvalue weighted by atomic mass is 32.1. The molecule has 0 unspecified atom stereocenters. The third kappa shape index (κ3) is 6.36. The molecule has 27 heavy (non-hydrogen) atoms. The fraction of sp³-hybridized carbons (Fsp3) is 0.450. The lowest BCUT2D eigenvalue weighted by molar-refractivity contribution is -0.121. The van der Waals surface area contributed by atoms with Crippen molar-refractivity contribution in [1.29, 1.82) is 0 Å². The Morgan fingerprint density at radius 2 is 1.78 bits per heavy atom. The van der Waals surface area contributed by atoms with Crippen molar-refractivity contribution in [3.8, 4) is 0 Å². The van der Waals surface area contributed by atoms with E-state index >= 15 is 0 Å². The quantitative estimate of drug-likeness (QED) is 0.663. The monoisotopic (exact) mass is 386 g/mol. The lowest BCUT2D eigenvalue weighted by Gasteiger charge is -2.15. The fourth-order valence-corrected chi connectivity index (χ4v) is 3.91. The molecule has 0 radical (unpaired) electrons. The van der Waals surface area contributed by atoms with Gasteiger partial charge in [0, 0.05) is 17.1 Å². The van der Waals surface area contributed by atoms with Crippen LogP contribution in [0.15, 0.2) is 29.6 Å². The molecule has 1 heterocycles. The molecule has 0 bridgehead atoms. The molecule has 1 aromatic heterocycles. The van der Waals surface area contributed by atoms with Crippen molar-refractivity contribution in [3.05, 3.63) is 40.9 Å². The number of carbonyl (C=O) groups excluding carboxylic acids is 2. The number of anilines is 2. The van der Waals surface area contributed by atoms with Crippen LogP contribution in [0.4, 0.5) is 15.6 Å². The van der Waals surface area contributed by atoms with Gasteiger partial charge in [0.15, 0.2) is 5.13 Å². The molecule has 3 N–H and O–H groups in total. The van der Waals surface area contributed by atoms with Gasteiger partial charge < -0.3 is 10.6 Å². The molecule has 7 heteroatoms. The van der Waals surface area contributed by atoms with E-state index in [0.717, 1.165) is 24.1 Å². The second-order valence-corrected chi connectivity index (χ2v) is 7.88. The van der Waals surface area contributed by atoms with Crippen LogP contribution in [0.5, 0.6) is 0 Å². The maximum absolute atomic E-state index is 12.2. The predicted octanol–water partition coefficient (Wildman–Crippen LogP) is 4.48. The van der Waals surface area contributed by atoms with Crippen LogP contribution in [-0.4, -0.2) is 23.0 Å². The maximum atomic E-state index is 12.2. The minimum atomic E-state index is -0.345. The van der Waals surface area contributed by atoms with E-state index in [1.807, 2.05) is 36.6 Å². The predicted molar refractivity (Wildman–Crippen MR) is 109 cm³/mol. The number of rotatable bonds is 5. The Morgan fingerprint density at radius 1 is 1.07 bits per heavy atom. The summed E-state index contributed by atoms with van der Waals surface area (Å²) in [5.74, 6) is 0.00265. The average Bonchev–Trinajstić information content (AvgIpc) is 2.89. The average molecular weight is 387 g/mol. The summed E-state index contributed by atoms with van der Waals surface area (Å²) in [4.78, 5) is 28.6. The summed E-state index contributed by atoms with van der Waals surface area (Å²) < 4.78 is 0. The second kappa shape index (κ2) is 9.50. The first-order valence-corrected chi connectivity index (χ1v) is 10.3. The number of carbonyl (C=O) groups is 2. The Bertz CT molecular complexity index is 765. The number of hydrogen-bond acceptors (Lipinski definition) is 4. The Kier molecular flexibility index (Phi) is 6.81. The van der Waals surface area contributed by atoms with Crippen molar-refractivity contribution >= 4 is 34.1 Å². The van der Waals surface area contributed by atoms with E-state index < -0.39 is 0 Å². The van der Waals surface area contributed by atoms with Crippen LogP contribution in [0.3, 0.4) is 0 Å². The number of hydrogen-bond donors (Lipinski definition) is 3. The van der Waals surface area contributed by atoms with Gasteiger partial charge in [0.1, 0.15) is 0 Å². The van der Waals surface area contributed by atoms with Crippen molar-refractivity contribution in [2.75, 3.05) is 10.6 Å². The molecule has 6 nitrogen and oxygen atoms in total. The van der Waals surface area contributed by atoms with E-state index in [0.29, 0.717) is 10.8 Å². The number of nitrogens with one attached hydrogen (secondary N) is 3. The van der Waals surface area contributed by atoms with Gasteiger partial charge >= 0.3 is 6.03 Å². The van der Waals surface area contributed by atoms with Crippen LogP contribution in [0.2, 0.25) is 0 Å². The van der Waals surface area contributed by atoms with Gasteiger partial charge in [-0.1, -0.05) is 43.4 Å². The molecular weight excluding hydrogens is 360 g/mol. The van der Waals surface area contributed by atoms with Gasteiger partial charge in [0.05, 0.1) is 12.1 Å². The van der Waals surface area contributed by atoms with Crippen molar-refractivity contribution in [2.45, 2.75) is 57.9 Å². The minimum Gasteiger partial charge on any atom is -0.353 e. The highest BCUT2D eigenvalue weighted by molar-refractivity contribution is 7.14. The van der Waals surface area contributed by atoms with Crippen molar-refractivity contribution in [3.63, 3.8) is 0 Å². The molecule has 2 aromatic rings. The summed E-state index contributed by atoms with van der Waals surface area (Å²) in [6.45, 7) is 1.99. The van der Waals surface area contributed by atoms with Gasteiger partial charge in [-0.05, 0) is 31.9 Å². The molecule has 0 spiro atoms. The maximum Gasteiger partial charge on any atom is 0.325 e. The van der Waals surface area contributed by atoms with Gasteiger partial charge in [-0.25, -0.2) is 9.78 Å². The molecule has 1 aliphatic carbocycles. The SMILES string of the molecule is Cc1ccc(NC(=O)Nc2nc(CC(=O)NC3CCCCCC3)cs2)cc1. The number of urea groups is 1. The third-order valence-electron chi connectivity index (χ3n) is 4.64. The number of aryl methyl sites for hydroxylation is 1. The molecule has 0 aliphatic heterocycles. The van der Waals surface area contributed by atoms with Crippen molar-refractivity contribution < 1.29 is 9.59 Å². The number of nitrogens with zero attached hydrogens (tertiary/aromatic N) is 1. The highest BCUT2D eigenvalue weighted by Gasteiger charge is 2.16. The van der Waals surface area contributed by atoms with Crippen LogP contribution in [0.25, 0.3) is 0 Å². The van der Waals surface area contributed by atoms with Crippen LogP contribution in [-0.2, 0) is 11.2 Å². The summed E-state index contributed by atoms with van der Waals surface area (Å²) in [7, 11) is 0. The normalized spacial score (nSPS) is 15.0. The molecule has 144 valence electrons. The standard InChI is InChI=1S/C20H26N4O2S/c1-14-8-10-16(11-9-14)22-19(26)24-20-23-17(13-27-20)12-18(25)21-15-6-4-2-3-5-7-15/h8-11,13,15H,2-7,12H2,1H3,(H,21,25)(H2,22,23,24,26). The van der Waals surface area contributed by atoms with Crippen LogP contribution >= 0.6 is 11.3 Å². The van der Waals surface area contributed by atoms with Gasteiger partial charge in [-0.15, -0.1) is 11.3 Å². The van der Waals surface area contributed by atoms with Crippen LogP contribution in [0.1, 0.15) is 49.8 Å². The second-order valence-electron chi connectivity index (χ2n) is 7.02. The summed E-state index contributed by atoms with van der Waals surface area (Å²) in [6.07, 6.45) is 7.27. The first-order valence-electron chi connectivity index (χ1n) is 9.47.